The van der Waals surface area contributed by atoms with E-state index in [1.165, 1.54) is 0 Å². The van der Waals surface area contributed by atoms with E-state index in [0.29, 0.717) is 41.3 Å². The predicted molar refractivity (Wildman–Crippen MR) is 111 cm³/mol. The fourth-order valence-electron chi connectivity index (χ4n) is 3.30. The summed E-state index contributed by atoms with van der Waals surface area (Å²) in [6.45, 7) is 11.2. The minimum atomic E-state index is -0.268. The average Bonchev–Trinajstić information content (AvgIpc) is 2.61. The Kier molecular flexibility index (Phi) is 7.42. The van der Waals surface area contributed by atoms with Crippen molar-refractivity contribution in [1.29, 1.82) is 0 Å². The van der Waals surface area contributed by atoms with Crippen molar-refractivity contribution in [3.8, 4) is 0 Å². The number of aromatic nitrogens is 2. The molecule has 27 heavy (non-hydrogen) atoms. The molecule has 0 fully saturated rings. The molecule has 0 saturated heterocycles. The maximum atomic E-state index is 13.0. The number of nitrogens with zero attached hydrogens (tertiary/aromatic N) is 3. The number of amides is 1. The molecule has 1 atom stereocenters. The van der Waals surface area contributed by atoms with Crippen LogP contribution in [0.25, 0.3) is 10.9 Å². The molecule has 1 heterocycles. The second kappa shape index (κ2) is 9.36. The van der Waals surface area contributed by atoms with Gasteiger partial charge in [-0.3, -0.25) is 14.2 Å². The van der Waals surface area contributed by atoms with Crippen LogP contribution in [0.15, 0.2) is 23.0 Å². The highest BCUT2D eigenvalue weighted by molar-refractivity contribution is 6.31. The number of unbranched alkanes of at least 4 members (excludes halogenated alkanes) is 1. The molecule has 0 radical (unpaired) electrons. The first-order chi connectivity index (χ1) is 12.8. The molecule has 1 amide bonds. The molecule has 0 spiro atoms. The normalized spacial score (nSPS) is 12.6. The van der Waals surface area contributed by atoms with Gasteiger partial charge in [-0.2, -0.15) is 0 Å². The zero-order valence-electron chi connectivity index (χ0n) is 17.0. The quantitative estimate of drug-likeness (QED) is 0.649. The molecule has 2 rings (SSSR count). The van der Waals surface area contributed by atoms with Gasteiger partial charge in [-0.1, -0.05) is 38.8 Å². The van der Waals surface area contributed by atoms with Gasteiger partial charge in [0.1, 0.15) is 5.82 Å². The Bertz CT molecular complexity index is 860. The molecule has 0 aliphatic heterocycles. The van der Waals surface area contributed by atoms with Gasteiger partial charge in [0.05, 0.1) is 16.9 Å². The second-order valence-electron chi connectivity index (χ2n) is 7.40. The summed E-state index contributed by atoms with van der Waals surface area (Å²) in [7, 11) is 0. The van der Waals surface area contributed by atoms with Gasteiger partial charge in [0, 0.05) is 24.5 Å². The molecular weight excluding hydrogens is 362 g/mol. The minimum Gasteiger partial charge on any atom is -0.333 e. The summed E-state index contributed by atoms with van der Waals surface area (Å²) in [5, 5.41) is 1.02. The maximum Gasteiger partial charge on any atom is 0.261 e. The van der Waals surface area contributed by atoms with Crippen molar-refractivity contribution in [3.63, 3.8) is 0 Å². The van der Waals surface area contributed by atoms with E-state index in [4.69, 9.17) is 16.6 Å². The van der Waals surface area contributed by atoms with Gasteiger partial charge in [0.25, 0.3) is 5.56 Å². The van der Waals surface area contributed by atoms with Gasteiger partial charge in [0.15, 0.2) is 0 Å². The Morgan fingerprint density at radius 1 is 1.26 bits per heavy atom. The number of hydrogen-bond donors (Lipinski definition) is 0. The van der Waals surface area contributed by atoms with Crippen LogP contribution in [0, 0.1) is 5.92 Å². The summed E-state index contributed by atoms with van der Waals surface area (Å²) in [5.41, 5.74) is 0.501. The van der Waals surface area contributed by atoms with Crippen LogP contribution in [0.1, 0.15) is 65.7 Å². The molecule has 0 bridgehead atoms. The second-order valence-corrected chi connectivity index (χ2v) is 7.83. The molecule has 0 N–H and O–H groups in total. The first-order valence-corrected chi connectivity index (χ1v) is 10.2. The molecule has 0 aliphatic carbocycles. The number of benzene rings is 1. The standard InChI is InChI=1S/C21H30ClN3O2/c1-6-8-11-25(19(26)12-14(3)4)15(5)20-23-18-10-9-16(22)13-17(18)21(27)24(20)7-2/h9-10,13-15H,6-8,11-12H2,1-5H3. The van der Waals surface area contributed by atoms with Gasteiger partial charge in [-0.25, -0.2) is 4.98 Å². The summed E-state index contributed by atoms with van der Waals surface area (Å²) in [6.07, 6.45) is 2.42. The number of carbonyl (C=O) groups excluding carboxylic acids is 1. The minimum absolute atomic E-state index is 0.110. The number of halogens is 1. The molecule has 1 unspecified atom stereocenters. The van der Waals surface area contributed by atoms with Crippen LogP contribution in [-0.2, 0) is 11.3 Å². The number of fused-ring (bicyclic) bond motifs is 1. The first kappa shape index (κ1) is 21.4. The number of hydrogen-bond acceptors (Lipinski definition) is 3. The Balaban J connectivity index is 2.54. The van der Waals surface area contributed by atoms with Gasteiger partial charge in [-0.15, -0.1) is 0 Å². The molecule has 0 aliphatic rings. The zero-order chi connectivity index (χ0) is 20.1. The van der Waals surface area contributed by atoms with Crippen LogP contribution in [-0.4, -0.2) is 26.9 Å². The smallest absolute Gasteiger partial charge is 0.261 e. The highest BCUT2D eigenvalue weighted by atomic mass is 35.5. The van der Waals surface area contributed by atoms with Crippen LogP contribution in [0.4, 0.5) is 0 Å². The van der Waals surface area contributed by atoms with Crippen LogP contribution >= 0.6 is 11.6 Å². The predicted octanol–water partition coefficient (Wildman–Crippen LogP) is 4.81. The fourth-order valence-corrected chi connectivity index (χ4v) is 3.48. The lowest BCUT2D eigenvalue weighted by molar-refractivity contribution is -0.134. The summed E-state index contributed by atoms with van der Waals surface area (Å²) < 4.78 is 1.66. The molecular formula is C21H30ClN3O2. The number of rotatable bonds is 8. The van der Waals surface area contributed by atoms with Crippen LogP contribution in [0.3, 0.4) is 0 Å². The SMILES string of the molecule is CCCCN(C(=O)CC(C)C)C(C)c1nc2ccc(Cl)cc2c(=O)n1CC. The van der Waals surface area contributed by atoms with Crippen molar-refractivity contribution in [2.24, 2.45) is 5.92 Å². The van der Waals surface area contributed by atoms with Gasteiger partial charge in [0.2, 0.25) is 5.91 Å². The van der Waals surface area contributed by atoms with Gasteiger partial charge < -0.3 is 4.90 Å². The first-order valence-electron chi connectivity index (χ1n) is 9.79. The zero-order valence-corrected chi connectivity index (χ0v) is 17.7. The lowest BCUT2D eigenvalue weighted by Gasteiger charge is -2.31. The third kappa shape index (κ3) is 4.89. The van der Waals surface area contributed by atoms with E-state index >= 15 is 0 Å². The molecule has 0 saturated carbocycles. The molecule has 1 aromatic carbocycles. The summed E-state index contributed by atoms with van der Waals surface area (Å²) in [5.74, 6) is 1.03. The van der Waals surface area contributed by atoms with Crippen LogP contribution < -0.4 is 5.56 Å². The summed E-state index contributed by atoms with van der Waals surface area (Å²) >= 11 is 6.06. The van der Waals surface area contributed by atoms with Crippen molar-refractivity contribution in [3.05, 3.63) is 39.4 Å². The van der Waals surface area contributed by atoms with E-state index in [2.05, 4.69) is 6.92 Å². The van der Waals surface area contributed by atoms with E-state index in [0.717, 1.165) is 12.8 Å². The topological polar surface area (TPSA) is 55.2 Å². The van der Waals surface area contributed by atoms with Crippen molar-refractivity contribution >= 4 is 28.4 Å². The third-order valence-corrected chi connectivity index (χ3v) is 4.99. The largest absolute Gasteiger partial charge is 0.333 e. The maximum absolute atomic E-state index is 13.0. The fraction of sp³-hybridized carbons (Fsp3) is 0.571. The average molecular weight is 392 g/mol. The Hall–Kier alpha value is -1.88. The Morgan fingerprint density at radius 2 is 1.96 bits per heavy atom. The molecule has 1 aromatic heterocycles. The Morgan fingerprint density at radius 3 is 2.56 bits per heavy atom. The summed E-state index contributed by atoms with van der Waals surface area (Å²) in [4.78, 5) is 32.5. The Labute approximate surface area is 166 Å². The van der Waals surface area contributed by atoms with Crippen LogP contribution in [0.2, 0.25) is 5.02 Å². The van der Waals surface area contributed by atoms with E-state index < -0.39 is 0 Å². The molecule has 2 aromatic rings. The van der Waals surface area contributed by atoms with Crippen molar-refractivity contribution in [2.45, 2.75) is 66.5 Å². The van der Waals surface area contributed by atoms with Gasteiger partial charge in [-0.05, 0) is 44.4 Å². The van der Waals surface area contributed by atoms with Gasteiger partial charge >= 0.3 is 0 Å². The van der Waals surface area contributed by atoms with E-state index in [1.54, 1.807) is 22.8 Å². The number of carbonyl (C=O) groups is 1. The van der Waals surface area contributed by atoms with Crippen molar-refractivity contribution in [2.75, 3.05) is 6.54 Å². The highest BCUT2D eigenvalue weighted by Gasteiger charge is 2.26. The third-order valence-electron chi connectivity index (χ3n) is 4.76. The van der Waals surface area contributed by atoms with E-state index in [9.17, 15) is 9.59 Å². The summed E-state index contributed by atoms with van der Waals surface area (Å²) in [6, 6.07) is 4.89. The van der Waals surface area contributed by atoms with Crippen LogP contribution in [0.5, 0.6) is 0 Å². The lowest BCUT2D eigenvalue weighted by Crippen LogP contribution is -2.38. The molecule has 6 heteroatoms. The molecule has 5 nitrogen and oxygen atoms in total. The van der Waals surface area contributed by atoms with Crippen molar-refractivity contribution in [1.82, 2.24) is 14.5 Å². The molecule has 148 valence electrons. The lowest BCUT2D eigenvalue weighted by atomic mass is 10.1. The van der Waals surface area contributed by atoms with Crippen molar-refractivity contribution < 1.29 is 4.79 Å². The van der Waals surface area contributed by atoms with E-state index in [-0.39, 0.29) is 23.4 Å². The highest BCUT2D eigenvalue weighted by Crippen LogP contribution is 2.23. The monoisotopic (exact) mass is 391 g/mol. The van der Waals surface area contributed by atoms with E-state index in [1.807, 2.05) is 32.6 Å².